The van der Waals surface area contributed by atoms with Gasteiger partial charge < -0.3 is 5.73 Å². The predicted molar refractivity (Wildman–Crippen MR) is 55.8 cm³/mol. The maximum atomic E-state index is 12.9. The van der Waals surface area contributed by atoms with Crippen LogP contribution < -0.4 is 5.73 Å². The van der Waals surface area contributed by atoms with E-state index >= 15 is 0 Å². The summed E-state index contributed by atoms with van der Waals surface area (Å²) < 4.78 is 37.3. The third-order valence-electron chi connectivity index (χ3n) is 1.97. The second-order valence-electron chi connectivity index (χ2n) is 3.29. The molecule has 0 aromatic heterocycles. The molecule has 0 fully saturated rings. The molecule has 7 heteroatoms. The van der Waals surface area contributed by atoms with Gasteiger partial charge in [-0.15, -0.1) is 0 Å². The van der Waals surface area contributed by atoms with Gasteiger partial charge in [0.25, 0.3) is 0 Å². The molecule has 16 heavy (non-hydrogen) atoms. The summed E-state index contributed by atoms with van der Waals surface area (Å²) in [6, 6.07) is 2.78. The van der Waals surface area contributed by atoms with E-state index in [1.807, 2.05) is 0 Å². The number of amides is 1. The Morgan fingerprint density at radius 1 is 1.38 bits per heavy atom. The summed E-state index contributed by atoms with van der Waals surface area (Å²) in [4.78, 5) is 10.7. The zero-order chi connectivity index (χ0) is 12.5. The lowest BCUT2D eigenvalue weighted by molar-refractivity contribution is 0.0996. The van der Waals surface area contributed by atoms with E-state index in [1.165, 1.54) is 14.1 Å². The van der Waals surface area contributed by atoms with Gasteiger partial charge in [-0.25, -0.2) is 17.1 Å². The number of hydrogen-bond donors (Lipinski definition) is 1. The summed E-state index contributed by atoms with van der Waals surface area (Å²) in [5.41, 5.74) is 4.64. The lowest BCUT2D eigenvalue weighted by Gasteiger charge is -2.13. The third kappa shape index (κ3) is 2.20. The van der Waals surface area contributed by atoms with E-state index in [4.69, 9.17) is 5.73 Å². The molecule has 0 aliphatic carbocycles. The predicted octanol–water partition coefficient (Wildman–Crippen LogP) is 0.175. The SMILES string of the molecule is CN(C)S(=O)(=O)c1ccc(F)cc1C(N)=O. The van der Waals surface area contributed by atoms with E-state index in [0.29, 0.717) is 0 Å². The highest BCUT2D eigenvalue weighted by atomic mass is 32.2. The fourth-order valence-electron chi connectivity index (χ4n) is 1.12. The summed E-state index contributed by atoms with van der Waals surface area (Å²) in [7, 11) is -1.19. The molecule has 0 bridgehead atoms. The third-order valence-corrected chi connectivity index (χ3v) is 3.84. The van der Waals surface area contributed by atoms with E-state index in [-0.39, 0.29) is 10.5 Å². The highest BCUT2D eigenvalue weighted by molar-refractivity contribution is 7.89. The molecule has 1 aromatic rings. The fraction of sp³-hybridized carbons (Fsp3) is 0.222. The lowest BCUT2D eigenvalue weighted by atomic mass is 10.2. The minimum Gasteiger partial charge on any atom is -0.366 e. The average Bonchev–Trinajstić information content (AvgIpc) is 2.16. The van der Waals surface area contributed by atoms with E-state index in [1.54, 1.807) is 0 Å². The van der Waals surface area contributed by atoms with Crippen LogP contribution in [0.1, 0.15) is 10.4 Å². The number of primary amides is 1. The number of rotatable bonds is 3. The maximum Gasteiger partial charge on any atom is 0.250 e. The maximum absolute atomic E-state index is 12.9. The van der Waals surface area contributed by atoms with Crippen LogP contribution in [0.2, 0.25) is 0 Å². The number of hydrogen-bond acceptors (Lipinski definition) is 3. The molecular formula is C9H11FN2O3S. The van der Waals surface area contributed by atoms with Crippen molar-refractivity contribution in [2.45, 2.75) is 4.90 Å². The molecule has 1 rings (SSSR count). The van der Waals surface area contributed by atoms with Crippen molar-refractivity contribution in [3.8, 4) is 0 Å². The Morgan fingerprint density at radius 3 is 2.38 bits per heavy atom. The van der Waals surface area contributed by atoms with Crippen LogP contribution in [0.4, 0.5) is 4.39 Å². The van der Waals surface area contributed by atoms with Gasteiger partial charge in [0, 0.05) is 14.1 Å². The van der Waals surface area contributed by atoms with E-state index in [2.05, 4.69) is 0 Å². The molecule has 5 nitrogen and oxygen atoms in total. The monoisotopic (exact) mass is 246 g/mol. The molecule has 2 N–H and O–H groups in total. The normalized spacial score (nSPS) is 11.8. The zero-order valence-corrected chi connectivity index (χ0v) is 9.58. The highest BCUT2D eigenvalue weighted by Gasteiger charge is 2.23. The summed E-state index contributed by atoms with van der Waals surface area (Å²) >= 11 is 0. The van der Waals surface area contributed by atoms with Crippen molar-refractivity contribution in [1.82, 2.24) is 4.31 Å². The minimum atomic E-state index is -3.80. The topological polar surface area (TPSA) is 80.5 Å². The Hall–Kier alpha value is -1.47. The van der Waals surface area contributed by atoms with Gasteiger partial charge in [-0.2, -0.15) is 0 Å². The van der Waals surface area contributed by atoms with Crippen molar-refractivity contribution in [3.05, 3.63) is 29.6 Å². The van der Waals surface area contributed by atoms with Crippen molar-refractivity contribution in [3.63, 3.8) is 0 Å². The van der Waals surface area contributed by atoms with Crippen LogP contribution in [0.25, 0.3) is 0 Å². The fourth-order valence-corrected chi connectivity index (χ4v) is 2.19. The molecular weight excluding hydrogens is 235 g/mol. The Balaban J connectivity index is 3.52. The first-order valence-corrected chi connectivity index (χ1v) is 5.72. The molecule has 0 aliphatic heterocycles. The van der Waals surface area contributed by atoms with Crippen molar-refractivity contribution in [2.75, 3.05) is 14.1 Å². The number of benzene rings is 1. The first-order valence-electron chi connectivity index (χ1n) is 4.28. The number of carbonyl (C=O) groups is 1. The second kappa shape index (κ2) is 4.18. The molecule has 88 valence electrons. The molecule has 0 radical (unpaired) electrons. The van der Waals surface area contributed by atoms with Gasteiger partial charge in [0.1, 0.15) is 5.82 Å². The number of nitrogens with zero attached hydrogens (tertiary/aromatic N) is 1. The van der Waals surface area contributed by atoms with Crippen LogP contribution in [-0.2, 0) is 10.0 Å². The van der Waals surface area contributed by atoms with Gasteiger partial charge in [0.05, 0.1) is 10.5 Å². The molecule has 0 spiro atoms. The Bertz CT molecular complexity index is 526. The second-order valence-corrected chi connectivity index (χ2v) is 5.41. The molecule has 0 aliphatic rings. The van der Waals surface area contributed by atoms with Gasteiger partial charge in [-0.05, 0) is 18.2 Å². The van der Waals surface area contributed by atoms with E-state index in [0.717, 1.165) is 22.5 Å². The first-order chi connectivity index (χ1) is 7.26. The summed E-state index contributed by atoms with van der Waals surface area (Å²) in [5, 5.41) is 0. The van der Waals surface area contributed by atoms with Crippen LogP contribution >= 0.6 is 0 Å². The molecule has 0 saturated heterocycles. The van der Waals surface area contributed by atoms with Crippen LogP contribution in [0, 0.1) is 5.82 Å². The molecule has 1 aromatic carbocycles. The molecule has 0 unspecified atom stereocenters. The summed E-state index contributed by atoms with van der Waals surface area (Å²) in [6.45, 7) is 0. The Labute approximate surface area is 92.7 Å². The lowest BCUT2D eigenvalue weighted by Crippen LogP contribution is -2.26. The van der Waals surface area contributed by atoms with Gasteiger partial charge in [0.2, 0.25) is 15.9 Å². The van der Waals surface area contributed by atoms with Crippen LogP contribution in [0.3, 0.4) is 0 Å². The van der Waals surface area contributed by atoms with Gasteiger partial charge in [-0.1, -0.05) is 0 Å². The van der Waals surface area contributed by atoms with Crippen molar-refractivity contribution in [1.29, 1.82) is 0 Å². The van der Waals surface area contributed by atoms with Crippen molar-refractivity contribution >= 4 is 15.9 Å². The highest BCUT2D eigenvalue weighted by Crippen LogP contribution is 2.19. The zero-order valence-electron chi connectivity index (χ0n) is 8.77. The van der Waals surface area contributed by atoms with Gasteiger partial charge >= 0.3 is 0 Å². The van der Waals surface area contributed by atoms with Gasteiger partial charge in [0.15, 0.2) is 0 Å². The van der Waals surface area contributed by atoms with Crippen molar-refractivity contribution < 1.29 is 17.6 Å². The van der Waals surface area contributed by atoms with E-state index in [9.17, 15) is 17.6 Å². The Kier molecular flexibility index (Phi) is 3.30. The quantitative estimate of drug-likeness (QED) is 0.825. The smallest absolute Gasteiger partial charge is 0.250 e. The average molecular weight is 246 g/mol. The van der Waals surface area contributed by atoms with Crippen LogP contribution in [0.5, 0.6) is 0 Å². The van der Waals surface area contributed by atoms with Crippen molar-refractivity contribution in [2.24, 2.45) is 5.73 Å². The molecule has 0 heterocycles. The molecule has 0 saturated carbocycles. The Morgan fingerprint density at radius 2 is 1.94 bits per heavy atom. The van der Waals surface area contributed by atoms with Crippen LogP contribution in [-0.4, -0.2) is 32.7 Å². The summed E-state index contributed by atoms with van der Waals surface area (Å²) in [5.74, 6) is -1.70. The van der Waals surface area contributed by atoms with E-state index < -0.39 is 21.7 Å². The number of sulfonamides is 1. The minimum absolute atomic E-state index is 0.300. The standard InChI is InChI=1S/C9H11FN2O3S/c1-12(2)16(14,15)8-4-3-6(10)5-7(8)9(11)13/h3-5H,1-2H3,(H2,11,13). The number of nitrogens with two attached hydrogens (primary N) is 1. The summed E-state index contributed by atoms with van der Waals surface area (Å²) in [6.07, 6.45) is 0. The first kappa shape index (κ1) is 12.6. The number of carbonyl (C=O) groups excluding carboxylic acids is 1. The van der Waals surface area contributed by atoms with Gasteiger partial charge in [-0.3, -0.25) is 4.79 Å². The largest absolute Gasteiger partial charge is 0.366 e. The van der Waals surface area contributed by atoms with Crippen LogP contribution in [0.15, 0.2) is 23.1 Å². The molecule has 1 amide bonds. The number of halogens is 1. The molecule has 0 atom stereocenters.